The first-order chi connectivity index (χ1) is 13.4. The minimum atomic E-state index is -0.459. The summed E-state index contributed by atoms with van der Waals surface area (Å²) in [4.78, 5) is 31.0. The molecule has 3 aromatic heterocycles. The third kappa shape index (κ3) is 2.90. The van der Waals surface area contributed by atoms with Crippen molar-refractivity contribution in [3.8, 4) is 0 Å². The quantitative estimate of drug-likeness (QED) is 0.519. The van der Waals surface area contributed by atoms with Crippen LogP contribution in [0.1, 0.15) is 23.2 Å². The number of aromatic nitrogens is 5. The zero-order chi connectivity index (χ0) is 20.0. The molecule has 3 heterocycles. The molecule has 28 heavy (non-hydrogen) atoms. The molecule has 0 aliphatic heterocycles. The summed E-state index contributed by atoms with van der Waals surface area (Å²) >= 11 is 0. The molecule has 0 atom stereocenters. The molecule has 2 N–H and O–H groups in total. The molecule has 0 radical (unpaired) electrons. The number of hydrogen-bond donors (Lipinski definition) is 2. The van der Waals surface area contributed by atoms with Crippen LogP contribution in [-0.4, -0.2) is 30.0 Å². The monoisotopic (exact) mass is 380 g/mol. The molecule has 8 nitrogen and oxygen atoms in total. The van der Waals surface area contributed by atoms with Crippen LogP contribution in [0.4, 0.5) is 5.69 Å². The number of aryl methyl sites for hydroxylation is 5. The molecule has 0 amide bonds. The Morgan fingerprint density at radius 1 is 1.18 bits per heavy atom. The largest absolute Gasteiger partial charge is 0.385 e. The second kappa shape index (κ2) is 6.70. The van der Waals surface area contributed by atoms with E-state index in [2.05, 4.69) is 51.9 Å². The standard InChI is InChI=1S/C20H24N6O2/c1-12-6-7-13(2)15(10-12)21-8-5-9-25-14(3)11-26-16-17(22-19(25)26)24(4)20(28)23-18(16)27/h6-7,10-11,21H,5,8-9H2,1-4H3,(H,23,27,28). The van der Waals surface area contributed by atoms with Crippen molar-refractivity contribution >= 4 is 22.6 Å². The van der Waals surface area contributed by atoms with E-state index in [1.165, 1.54) is 15.7 Å². The summed E-state index contributed by atoms with van der Waals surface area (Å²) in [5.74, 6) is 0.672. The average Bonchev–Trinajstić information content (AvgIpc) is 3.15. The van der Waals surface area contributed by atoms with Crippen molar-refractivity contribution in [1.29, 1.82) is 0 Å². The van der Waals surface area contributed by atoms with Crippen molar-refractivity contribution in [1.82, 2.24) is 23.5 Å². The molecule has 8 heteroatoms. The Morgan fingerprint density at radius 3 is 2.75 bits per heavy atom. The number of fused-ring (bicyclic) bond motifs is 3. The highest BCUT2D eigenvalue weighted by Gasteiger charge is 2.17. The van der Waals surface area contributed by atoms with Crippen LogP contribution in [0.25, 0.3) is 16.9 Å². The van der Waals surface area contributed by atoms with E-state index < -0.39 is 11.2 Å². The second-order valence-corrected chi connectivity index (χ2v) is 7.29. The Bertz CT molecular complexity index is 1300. The molecule has 0 aliphatic carbocycles. The maximum atomic E-state index is 12.3. The fourth-order valence-corrected chi connectivity index (χ4v) is 3.58. The summed E-state index contributed by atoms with van der Waals surface area (Å²) in [6.45, 7) is 7.76. The van der Waals surface area contributed by atoms with Crippen molar-refractivity contribution in [2.45, 2.75) is 33.7 Å². The summed E-state index contributed by atoms with van der Waals surface area (Å²) in [7, 11) is 1.61. The van der Waals surface area contributed by atoms with Crippen LogP contribution in [0.2, 0.25) is 0 Å². The summed E-state index contributed by atoms with van der Waals surface area (Å²) in [5, 5.41) is 3.50. The molecule has 0 fully saturated rings. The molecule has 1 aromatic carbocycles. The molecule has 4 aromatic rings. The van der Waals surface area contributed by atoms with Crippen molar-refractivity contribution in [2.24, 2.45) is 7.05 Å². The van der Waals surface area contributed by atoms with Gasteiger partial charge in [0.15, 0.2) is 11.2 Å². The molecular formula is C20H24N6O2. The smallest absolute Gasteiger partial charge is 0.329 e. The second-order valence-electron chi connectivity index (χ2n) is 7.29. The highest BCUT2D eigenvalue weighted by molar-refractivity contribution is 5.75. The van der Waals surface area contributed by atoms with Gasteiger partial charge in [-0.25, -0.2) is 4.79 Å². The predicted octanol–water partition coefficient (Wildman–Crippen LogP) is 2.10. The van der Waals surface area contributed by atoms with Gasteiger partial charge < -0.3 is 9.88 Å². The highest BCUT2D eigenvalue weighted by atomic mass is 16.2. The number of aromatic amines is 1. The zero-order valence-corrected chi connectivity index (χ0v) is 16.5. The lowest BCUT2D eigenvalue weighted by molar-refractivity contribution is 0.660. The molecule has 0 saturated carbocycles. The average molecular weight is 380 g/mol. The number of nitrogens with zero attached hydrogens (tertiary/aromatic N) is 4. The van der Waals surface area contributed by atoms with Gasteiger partial charge in [0.2, 0.25) is 5.78 Å². The Hall–Kier alpha value is -3.29. The van der Waals surface area contributed by atoms with Gasteiger partial charge in [-0.1, -0.05) is 12.1 Å². The van der Waals surface area contributed by atoms with Gasteiger partial charge in [-0.15, -0.1) is 0 Å². The third-order valence-electron chi connectivity index (χ3n) is 5.18. The summed E-state index contributed by atoms with van der Waals surface area (Å²) in [6, 6.07) is 6.39. The zero-order valence-electron chi connectivity index (χ0n) is 16.5. The normalized spacial score (nSPS) is 11.6. The number of benzene rings is 1. The molecular weight excluding hydrogens is 356 g/mol. The van der Waals surface area contributed by atoms with Crippen LogP contribution in [0.5, 0.6) is 0 Å². The highest BCUT2D eigenvalue weighted by Crippen LogP contribution is 2.18. The van der Waals surface area contributed by atoms with E-state index in [9.17, 15) is 9.59 Å². The number of H-pyrrole nitrogens is 1. The molecule has 4 rings (SSSR count). The van der Waals surface area contributed by atoms with Crippen LogP contribution in [0.3, 0.4) is 0 Å². The third-order valence-corrected chi connectivity index (χ3v) is 5.18. The molecule has 0 unspecified atom stereocenters. The van der Waals surface area contributed by atoms with E-state index in [0.29, 0.717) is 16.9 Å². The number of anilines is 1. The van der Waals surface area contributed by atoms with E-state index >= 15 is 0 Å². The summed E-state index contributed by atoms with van der Waals surface area (Å²) < 4.78 is 5.21. The van der Waals surface area contributed by atoms with Gasteiger partial charge in [0.25, 0.3) is 5.56 Å². The first-order valence-electron chi connectivity index (χ1n) is 9.35. The van der Waals surface area contributed by atoms with E-state index in [-0.39, 0.29) is 0 Å². The minimum absolute atomic E-state index is 0.394. The van der Waals surface area contributed by atoms with Gasteiger partial charge in [0.05, 0.1) is 0 Å². The maximum Gasteiger partial charge on any atom is 0.329 e. The molecule has 0 saturated heterocycles. The Balaban J connectivity index is 1.60. The molecule has 0 spiro atoms. The van der Waals surface area contributed by atoms with Crippen LogP contribution in [0, 0.1) is 20.8 Å². The Kier molecular flexibility index (Phi) is 4.33. The molecule has 146 valence electrons. The van der Waals surface area contributed by atoms with Gasteiger partial charge in [0, 0.05) is 37.7 Å². The Morgan fingerprint density at radius 2 is 1.96 bits per heavy atom. The van der Waals surface area contributed by atoms with Crippen LogP contribution in [-0.2, 0) is 13.6 Å². The van der Waals surface area contributed by atoms with Crippen LogP contribution in [0.15, 0.2) is 34.0 Å². The predicted molar refractivity (Wildman–Crippen MR) is 110 cm³/mol. The number of nitrogens with one attached hydrogen (secondary N) is 2. The van der Waals surface area contributed by atoms with Gasteiger partial charge in [-0.2, -0.15) is 4.98 Å². The van der Waals surface area contributed by atoms with E-state index in [1.54, 1.807) is 11.4 Å². The lowest BCUT2D eigenvalue weighted by Gasteiger charge is -2.11. The molecule has 0 bridgehead atoms. The van der Waals surface area contributed by atoms with E-state index in [4.69, 9.17) is 0 Å². The number of rotatable bonds is 5. The van der Waals surface area contributed by atoms with Gasteiger partial charge in [-0.3, -0.25) is 18.7 Å². The lowest BCUT2D eigenvalue weighted by Crippen LogP contribution is -2.28. The lowest BCUT2D eigenvalue weighted by atomic mass is 10.1. The SMILES string of the molecule is Cc1ccc(C)c(NCCCn2c(C)cn3c4c(=O)[nH]c(=O)n(C)c4nc23)c1. The van der Waals surface area contributed by atoms with Crippen molar-refractivity contribution in [2.75, 3.05) is 11.9 Å². The van der Waals surface area contributed by atoms with E-state index in [0.717, 1.165) is 30.9 Å². The first kappa shape index (κ1) is 18.1. The maximum absolute atomic E-state index is 12.3. The van der Waals surface area contributed by atoms with Crippen molar-refractivity contribution in [3.05, 3.63) is 62.1 Å². The number of imidazole rings is 2. The van der Waals surface area contributed by atoms with Crippen molar-refractivity contribution in [3.63, 3.8) is 0 Å². The minimum Gasteiger partial charge on any atom is -0.385 e. The first-order valence-corrected chi connectivity index (χ1v) is 9.35. The fraction of sp³-hybridized carbons (Fsp3) is 0.350. The van der Waals surface area contributed by atoms with Gasteiger partial charge in [0.1, 0.15) is 0 Å². The van der Waals surface area contributed by atoms with Gasteiger partial charge in [-0.05, 0) is 44.4 Å². The number of hydrogen-bond acceptors (Lipinski definition) is 4. The summed E-state index contributed by atoms with van der Waals surface area (Å²) in [6.07, 6.45) is 2.79. The van der Waals surface area contributed by atoms with Crippen LogP contribution >= 0.6 is 0 Å². The van der Waals surface area contributed by atoms with Gasteiger partial charge >= 0.3 is 5.69 Å². The van der Waals surface area contributed by atoms with E-state index in [1.807, 2.05) is 13.1 Å². The fourth-order valence-electron chi connectivity index (χ4n) is 3.58. The van der Waals surface area contributed by atoms with Crippen LogP contribution < -0.4 is 16.6 Å². The Labute approximate surface area is 161 Å². The van der Waals surface area contributed by atoms with Crippen molar-refractivity contribution < 1.29 is 0 Å². The topological polar surface area (TPSA) is 89.1 Å². The summed E-state index contributed by atoms with van der Waals surface area (Å²) in [5.41, 5.74) is 4.55. The molecule has 0 aliphatic rings.